The minimum Gasteiger partial charge on any atom is -0.593 e. The van der Waals surface area contributed by atoms with E-state index in [0.29, 0.717) is 24.4 Å². The van der Waals surface area contributed by atoms with E-state index in [1.807, 2.05) is 0 Å². The standard InChI is InChI=1S/C16H16FNO3S/c1-12-9-13(7-8-16(12)17)21-14-10-18(11-14)22(19,20)15-5-3-2-4-6-15/h2-9,14H,10-11H2,1H3. The molecule has 0 aliphatic carbocycles. The van der Waals surface area contributed by atoms with Crippen molar-refractivity contribution in [1.82, 2.24) is 4.31 Å². The average Bonchev–Trinajstić information content (AvgIpc) is 2.47. The molecule has 1 aliphatic heterocycles. The summed E-state index contributed by atoms with van der Waals surface area (Å²) in [5.41, 5.74) is 0.505. The average molecular weight is 321 g/mol. The maximum Gasteiger partial charge on any atom is 0.175 e. The number of sulfonamides is 1. The second kappa shape index (κ2) is 5.79. The molecule has 0 spiro atoms. The highest BCUT2D eigenvalue weighted by Crippen LogP contribution is 2.28. The molecule has 6 heteroatoms. The Morgan fingerprint density at radius 1 is 1.23 bits per heavy atom. The maximum atomic E-state index is 13.2. The van der Waals surface area contributed by atoms with Crippen LogP contribution in [0, 0.1) is 12.7 Å². The van der Waals surface area contributed by atoms with Gasteiger partial charge < -0.3 is 9.29 Å². The topological polar surface area (TPSA) is 52.6 Å². The lowest BCUT2D eigenvalue weighted by molar-refractivity contribution is 0.0702. The normalized spacial score (nSPS) is 18.5. The number of aryl methyl sites for hydroxylation is 1. The lowest BCUT2D eigenvalue weighted by Crippen LogP contribution is -2.58. The van der Waals surface area contributed by atoms with Crippen molar-refractivity contribution in [3.63, 3.8) is 0 Å². The molecule has 0 amide bonds. The molecule has 116 valence electrons. The van der Waals surface area contributed by atoms with Crippen LogP contribution >= 0.6 is 0 Å². The molecule has 22 heavy (non-hydrogen) atoms. The number of nitrogens with zero attached hydrogens (tertiary/aromatic N) is 1. The first-order valence-corrected chi connectivity index (χ1v) is 8.39. The van der Waals surface area contributed by atoms with Crippen LogP contribution in [-0.2, 0) is 14.6 Å². The van der Waals surface area contributed by atoms with E-state index in [1.165, 1.54) is 10.4 Å². The minimum atomic E-state index is -3.45. The van der Waals surface area contributed by atoms with Gasteiger partial charge in [-0.2, -0.15) is 0 Å². The van der Waals surface area contributed by atoms with Crippen LogP contribution in [0.15, 0.2) is 53.4 Å². The zero-order valence-electron chi connectivity index (χ0n) is 12.1. The van der Waals surface area contributed by atoms with E-state index in [4.69, 9.17) is 4.74 Å². The third-order valence-electron chi connectivity index (χ3n) is 3.63. The minimum absolute atomic E-state index is 0.205. The van der Waals surface area contributed by atoms with Gasteiger partial charge in [0.25, 0.3) is 0 Å². The second-order valence-corrected chi connectivity index (χ2v) is 7.22. The zero-order chi connectivity index (χ0) is 15.7. The lowest BCUT2D eigenvalue weighted by Gasteiger charge is -2.39. The summed E-state index contributed by atoms with van der Waals surface area (Å²) in [6.07, 6.45) is -0.205. The molecule has 1 atom stereocenters. The molecule has 0 N–H and O–H groups in total. The van der Waals surface area contributed by atoms with Crippen molar-refractivity contribution in [3.8, 4) is 5.75 Å². The summed E-state index contributed by atoms with van der Waals surface area (Å²) in [5, 5.41) is 0. The molecule has 1 aliphatic rings. The largest absolute Gasteiger partial charge is 0.593 e. The van der Waals surface area contributed by atoms with E-state index in [1.54, 1.807) is 49.4 Å². The van der Waals surface area contributed by atoms with Crippen LogP contribution in [0.5, 0.6) is 5.75 Å². The smallest absolute Gasteiger partial charge is 0.175 e. The quantitative estimate of drug-likeness (QED) is 0.814. The Balaban J connectivity index is 1.62. The van der Waals surface area contributed by atoms with E-state index < -0.39 is 10.4 Å². The number of rotatable bonds is 4. The van der Waals surface area contributed by atoms with Gasteiger partial charge in [0.1, 0.15) is 17.7 Å². The fraction of sp³-hybridized carbons (Fsp3) is 0.250. The fourth-order valence-electron chi connectivity index (χ4n) is 2.30. The highest BCUT2D eigenvalue weighted by atomic mass is 32.3. The zero-order valence-corrected chi connectivity index (χ0v) is 12.9. The van der Waals surface area contributed by atoms with Crippen molar-refractivity contribution in [1.29, 1.82) is 0 Å². The van der Waals surface area contributed by atoms with Gasteiger partial charge >= 0.3 is 0 Å². The molecule has 4 nitrogen and oxygen atoms in total. The van der Waals surface area contributed by atoms with Crippen molar-refractivity contribution in [2.45, 2.75) is 17.9 Å². The predicted octanol–water partition coefficient (Wildman–Crippen LogP) is 2.80. The van der Waals surface area contributed by atoms with Gasteiger partial charge in [-0.15, -0.1) is 4.31 Å². The SMILES string of the molecule is Cc1cc(OC2CN([S+](=O)([O-])c3ccccc3)C2)ccc1F. The molecule has 1 saturated heterocycles. The Morgan fingerprint density at radius 2 is 1.91 bits per heavy atom. The molecule has 2 aromatic rings. The summed E-state index contributed by atoms with van der Waals surface area (Å²) < 4.78 is 44.9. The lowest BCUT2D eigenvalue weighted by atomic mass is 10.2. The van der Waals surface area contributed by atoms with Crippen LogP contribution in [0.2, 0.25) is 0 Å². The first-order chi connectivity index (χ1) is 10.5. The third-order valence-corrected chi connectivity index (χ3v) is 5.47. The maximum absolute atomic E-state index is 13.2. The molecular weight excluding hydrogens is 305 g/mol. The summed E-state index contributed by atoms with van der Waals surface area (Å²) in [4.78, 5) is 0.283. The summed E-state index contributed by atoms with van der Waals surface area (Å²) in [5.74, 6) is 0.273. The van der Waals surface area contributed by atoms with Gasteiger partial charge in [-0.3, -0.25) is 0 Å². The Morgan fingerprint density at radius 3 is 2.55 bits per heavy atom. The van der Waals surface area contributed by atoms with Crippen LogP contribution in [0.1, 0.15) is 5.56 Å². The monoisotopic (exact) mass is 321 g/mol. The van der Waals surface area contributed by atoms with Gasteiger partial charge in [-0.05, 0) is 42.8 Å². The number of benzene rings is 2. The van der Waals surface area contributed by atoms with Crippen molar-refractivity contribution >= 4 is 10.4 Å². The Bertz CT molecular complexity index is 717. The highest BCUT2D eigenvalue weighted by molar-refractivity contribution is 7.95. The molecule has 1 unspecified atom stereocenters. The van der Waals surface area contributed by atoms with Crippen LogP contribution in [0.4, 0.5) is 4.39 Å². The molecule has 0 aromatic heterocycles. The van der Waals surface area contributed by atoms with Crippen LogP contribution < -0.4 is 4.74 Å². The molecule has 1 heterocycles. The van der Waals surface area contributed by atoms with Gasteiger partial charge in [0.05, 0.1) is 13.1 Å². The van der Waals surface area contributed by atoms with Crippen LogP contribution in [-0.4, -0.2) is 28.1 Å². The predicted molar refractivity (Wildman–Crippen MR) is 80.7 cm³/mol. The van der Waals surface area contributed by atoms with E-state index in [9.17, 15) is 13.2 Å². The molecule has 2 aromatic carbocycles. The molecule has 0 radical (unpaired) electrons. The third kappa shape index (κ3) is 2.90. The summed E-state index contributed by atoms with van der Waals surface area (Å²) in [6.45, 7) is 2.26. The van der Waals surface area contributed by atoms with E-state index in [-0.39, 0.29) is 16.8 Å². The molecule has 1 fully saturated rings. The molecular formula is C16H16FNO3S. The van der Waals surface area contributed by atoms with Crippen LogP contribution in [0.3, 0.4) is 0 Å². The molecule has 0 saturated carbocycles. The van der Waals surface area contributed by atoms with Crippen molar-refractivity contribution in [2.24, 2.45) is 0 Å². The molecule has 0 bridgehead atoms. The van der Waals surface area contributed by atoms with Crippen LogP contribution in [0.25, 0.3) is 0 Å². The highest BCUT2D eigenvalue weighted by Gasteiger charge is 2.42. The van der Waals surface area contributed by atoms with Crippen molar-refractivity contribution in [3.05, 3.63) is 59.9 Å². The second-order valence-electron chi connectivity index (χ2n) is 5.29. The van der Waals surface area contributed by atoms with E-state index in [0.717, 1.165) is 0 Å². The summed E-state index contributed by atoms with van der Waals surface area (Å²) in [6, 6.07) is 12.8. The number of ether oxygens (including phenoxy) is 1. The first-order valence-electron chi connectivity index (χ1n) is 6.95. The fourth-order valence-corrected chi connectivity index (χ4v) is 3.82. The van der Waals surface area contributed by atoms with Gasteiger partial charge in [0.15, 0.2) is 15.3 Å². The van der Waals surface area contributed by atoms with Gasteiger partial charge in [-0.1, -0.05) is 22.4 Å². The van der Waals surface area contributed by atoms with Crippen molar-refractivity contribution < 1.29 is 17.9 Å². The van der Waals surface area contributed by atoms with Gasteiger partial charge in [0, 0.05) is 0 Å². The summed E-state index contributed by atoms with van der Waals surface area (Å²) in [7, 11) is -3.45. The van der Waals surface area contributed by atoms with E-state index >= 15 is 0 Å². The number of hydrogen-bond acceptors (Lipinski definition) is 3. The number of halogens is 1. The van der Waals surface area contributed by atoms with Crippen molar-refractivity contribution in [2.75, 3.05) is 13.1 Å². The van der Waals surface area contributed by atoms with Gasteiger partial charge in [0.2, 0.25) is 0 Å². The summed E-state index contributed by atoms with van der Waals surface area (Å²) >= 11 is 0. The van der Waals surface area contributed by atoms with Gasteiger partial charge in [-0.25, -0.2) is 4.39 Å². The molecule has 3 rings (SSSR count). The van der Waals surface area contributed by atoms with E-state index in [2.05, 4.69) is 0 Å². The Labute approximate surface area is 129 Å². The number of hydrogen-bond donors (Lipinski definition) is 0. The Kier molecular flexibility index (Phi) is 3.99. The first kappa shape index (κ1) is 15.1. The Hall–Kier alpha value is -1.76.